The largest absolute Gasteiger partial charge is 0.493 e. The second-order valence-electron chi connectivity index (χ2n) is 12.8. The predicted molar refractivity (Wildman–Crippen MR) is 166 cm³/mol. The van der Waals surface area contributed by atoms with Crippen LogP contribution >= 0.6 is 0 Å². The number of ether oxygens (including phenoxy) is 2. The van der Waals surface area contributed by atoms with Gasteiger partial charge in [0.25, 0.3) is 17.5 Å². The van der Waals surface area contributed by atoms with E-state index in [0.717, 1.165) is 34.3 Å². The molecule has 4 aliphatic carbocycles. The van der Waals surface area contributed by atoms with Gasteiger partial charge in [0.2, 0.25) is 0 Å². The molecule has 0 atom stereocenters. The molecule has 4 saturated carbocycles. The van der Waals surface area contributed by atoms with E-state index in [-0.39, 0.29) is 29.1 Å². The first kappa shape index (κ1) is 28.8. The van der Waals surface area contributed by atoms with Crippen LogP contribution in [0.3, 0.4) is 0 Å². The van der Waals surface area contributed by atoms with Gasteiger partial charge in [-0.15, -0.1) is 0 Å². The number of nitro benzene ring substituents is 1. The molecule has 0 unspecified atom stereocenters. The molecule has 1 N–H and O–H groups in total. The third kappa shape index (κ3) is 5.24. The SMILES string of the molecule is COc1cc(/C=C2\C(=O)NC(=O)N(c3ccc(C45CC6CC(CC(C6)C4)C5)cc3)C2=O)c([N+](=O)[O-])cc1OCc1ccccc1. The Morgan fingerprint density at radius 2 is 1.58 bits per heavy atom. The van der Waals surface area contributed by atoms with Crippen LogP contribution < -0.4 is 19.7 Å². The monoisotopic (exact) mass is 607 g/mol. The summed E-state index contributed by atoms with van der Waals surface area (Å²) in [6, 6.07) is 18.5. The van der Waals surface area contributed by atoms with Crippen molar-refractivity contribution in [3.05, 3.63) is 99.1 Å². The fraction of sp³-hybridized carbons (Fsp3) is 0.343. The number of imide groups is 2. The van der Waals surface area contributed by atoms with Crippen LogP contribution in [0.15, 0.2) is 72.3 Å². The molecule has 8 rings (SSSR count). The highest BCUT2D eigenvalue weighted by atomic mass is 16.6. The quantitative estimate of drug-likeness (QED) is 0.137. The smallest absolute Gasteiger partial charge is 0.335 e. The number of amides is 4. The van der Waals surface area contributed by atoms with Crippen LogP contribution in [0.2, 0.25) is 0 Å². The summed E-state index contributed by atoms with van der Waals surface area (Å²) in [6.07, 6.45) is 8.65. The number of nitrogens with zero attached hydrogens (tertiary/aromatic N) is 2. The molecule has 0 spiro atoms. The van der Waals surface area contributed by atoms with Crippen LogP contribution in [0.5, 0.6) is 11.5 Å². The highest BCUT2D eigenvalue weighted by Gasteiger charge is 2.51. The van der Waals surface area contributed by atoms with E-state index < -0.39 is 34.0 Å². The lowest BCUT2D eigenvalue weighted by molar-refractivity contribution is -0.385. The van der Waals surface area contributed by atoms with Crippen LogP contribution in [0.4, 0.5) is 16.2 Å². The standard InChI is InChI=1S/C35H33N3O7/c1-44-30-15-25(29(38(42)43)16-31(30)45-20-21-5-3-2-4-6-21)14-28-32(39)36-34(41)37(33(28)40)27-9-7-26(8-10-27)35-17-22-11-23(18-35)13-24(12-22)19-35/h2-10,14-16,22-24H,11-13,17-20H2,1H3,(H,36,39,41)/b28-14+. The van der Waals surface area contributed by atoms with Crippen LogP contribution in [0.1, 0.15) is 55.2 Å². The number of carbonyl (C=O) groups excluding carboxylic acids is 3. The highest BCUT2D eigenvalue weighted by Crippen LogP contribution is 2.60. The Bertz CT molecular complexity index is 1700. The summed E-state index contributed by atoms with van der Waals surface area (Å²) in [5.41, 5.74) is 1.71. The zero-order valence-corrected chi connectivity index (χ0v) is 24.9. The second kappa shape index (κ2) is 11.2. The van der Waals surface area contributed by atoms with Crippen molar-refractivity contribution in [1.82, 2.24) is 5.32 Å². The lowest BCUT2D eigenvalue weighted by Gasteiger charge is -2.57. The van der Waals surface area contributed by atoms with Crippen molar-refractivity contribution in [2.75, 3.05) is 12.0 Å². The predicted octanol–water partition coefficient (Wildman–Crippen LogP) is 6.32. The minimum absolute atomic E-state index is 0.0473. The van der Waals surface area contributed by atoms with E-state index in [4.69, 9.17) is 9.47 Å². The topological polar surface area (TPSA) is 128 Å². The van der Waals surface area contributed by atoms with Gasteiger partial charge in [-0.1, -0.05) is 42.5 Å². The minimum atomic E-state index is -0.941. The summed E-state index contributed by atoms with van der Waals surface area (Å²) >= 11 is 0. The van der Waals surface area contributed by atoms with Gasteiger partial charge in [-0.25, -0.2) is 9.69 Å². The molecule has 1 aliphatic heterocycles. The van der Waals surface area contributed by atoms with Gasteiger partial charge in [-0.2, -0.15) is 0 Å². The fourth-order valence-corrected chi connectivity index (χ4v) is 8.32. The molecule has 5 aliphatic rings. The third-order valence-electron chi connectivity index (χ3n) is 9.92. The Morgan fingerprint density at radius 1 is 0.933 bits per heavy atom. The van der Waals surface area contributed by atoms with Crippen molar-refractivity contribution in [2.24, 2.45) is 17.8 Å². The Hall–Kier alpha value is -4.99. The summed E-state index contributed by atoms with van der Waals surface area (Å²) in [5.74, 6) is 0.822. The molecule has 230 valence electrons. The summed E-state index contributed by atoms with van der Waals surface area (Å²) < 4.78 is 11.2. The van der Waals surface area contributed by atoms with E-state index in [9.17, 15) is 24.5 Å². The van der Waals surface area contributed by atoms with E-state index in [0.29, 0.717) is 5.69 Å². The first-order chi connectivity index (χ1) is 21.7. The lowest BCUT2D eigenvalue weighted by atomic mass is 9.48. The van der Waals surface area contributed by atoms with Crippen LogP contribution in [-0.2, 0) is 21.6 Å². The van der Waals surface area contributed by atoms with E-state index in [2.05, 4.69) is 5.32 Å². The first-order valence-corrected chi connectivity index (χ1v) is 15.3. The Morgan fingerprint density at radius 3 is 2.18 bits per heavy atom. The Kier molecular flexibility index (Phi) is 7.14. The molecule has 10 nitrogen and oxygen atoms in total. The number of carbonyl (C=O) groups is 3. The molecule has 1 saturated heterocycles. The van der Waals surface area contributed by atoms with E-state index in [1.165, 1.54) is 63.3 Å². The normalized spacial score (nSPS) is 26.2. The zero-order chi connectivity index (χ0) is 31.3. The van der Waals surface area contributed by atoms with Gasteiger partial charge in [0.15, 0.2) is 11.5 Å². The molecule has 3 aromatic carbocycles. The van der Waals surface area contributed by atoms with Crippen LogP contribution in [0, 0.1) is 27.9 Å². The van der Waals surface area contributed by atoms with Crippen molar-refractivity contribution in [3.8, 4) is 11.5 Å². The molecule has 45 heavy (non-hydrogen) atoms. The molecule has 5 fully saturated rings. The number of nitro groups is 1. The van der Waals surface area contributed by atoms with Gasteiger partial charge in [0.05, 0.1) is 29.4 Å². The molecule has 10 heteroatoms. The molecule has 0 aromatic heterocycles. The minimum Gasteiger partial charge on any atom is -0.493 e. The maximum atomic E-state index is 13.7. The maximum Gasteiger partial charge on any atom is 0.335 e. The number of nitrogens with one attached hydrogen (secondary N) is 1. The zero-order valence-electron chi connectivity index (χ0n) is 24.9. The second-order valence-corrected chi connectivity index (χ2v) is 12.8. The molecule has 4 amide bonds. The Balaban J connectivity index is 1.17. The van der Waals surface area contributed by atoms with Crippen molar-refractivity contribution in [2.45, 2.75) is 50.5 Å². The molecule has 4 bridgehead atoms. The third-order valence-corrected chi connectivity index (χ3v) is 9.92. The fourth-order valence-electron chi connectivity index (χ4n) is 8.32. The van der Waals surface area contributed by atoms with Gasteiger partial charge in [-0.05, 0) is 97.1 Å². The number of anilines is 1. The number of rotatable bonds is 8. The van der Waals surface area contributed by atoms with Crippen molar-refractivity contribution in [3.63, 3.8) is 0 Å². The molecule has 1 heterocycles. The summed E-state index contributed by atoms with van der Waals surface area (Å²) in [6.45, 7) is 0.147. The molecular formula is C35H33N3O7. The van der Waals surface area contributed by atoms with Crippen molar-refractivity contribution < 1.29 is 28.8 Å². The lowest BCUT2D eigenvalue weighted by Crippen LogP contribution is -2.54. The number of hydrogen-bond donors (Lipinski definition) is 1. The summed E-state index contributed by atoms with van der Waals surface area (Å²) in [4.78, 5) is 51.9. The van der Waals surface area contributed by atoms with Gasteiger partial charge >= 0.3 is 6.03 Å². The van der Waals surface area contributed by atoms with E-state index in [1.807, 2.05) is 42.5 Å². The van der Waals surface area contributed by atoms with Crippen molar-refractivity contribution in [1.29, 1.82) is 0 Å². The van der Waals surface area contributed by atoms with Gasteiger partial charge in [-0.3, -0.25) is 25.0 Å². The number of benzene rings is 3. The Labute approximate surface area is 260 Å². The number of hydrogen-bond acceptors (Lipinski definition) is 7. The molecule has 0 radical (unpaired) electrons. The summed E-state index contributed by atoms with van der Waals surface area (Å²) in [5, 5.41) is 14.3. The molecule has 3 aromatic rings. The number of barbiturate groups is 1. The van der Waals surface area contributed by atoms with Gasteiger partial charge in [0, 0.05) is 0 Å². The number of methoxy groups -OCH3 is 1. The van der Waals surface area contributed by atoms with Gasteiger partial charge < -0.3 is 9.47 Å². The van der Waals surface area contributed by atoms with E-state index in [1.54, 1.807) is 12.1 Å². The van der Waals surface area contributed by atoms with Gasteiger partial charge in [0.1, 0.15) is 12.2 Å². The number of urea groups is 1. The average Bonchev–Trinajstić information content (AvgIpc) is 3.02. The molecular weight excluding hydrogens is 574 g/mol. The van der Waals surface area contributed by atoms with Crippen molar-refractivity contribution >= 4 is 35.3 Å². The first-order valence-electron chi connectivity index (χ1n) is 15.3. The van der Waals surface area contributed by atoms with Crippen LogP contribution in [-0.4, -0.2) is 29.9 Å². The maximum absolute atomic E-state index is 13.7. The summed E-state index contributed by atoms with van der Waals surface area (Å²) in [7, 11) is 1.39. The van der Waals surface area contributed by atoms with Crippen LogP contribution in [0.25, 0.3) is 6.08 Å². The average molecular weight is 608 g/mol. The highest BCUT2D eigenvalue weighted by molar-refractivity contribution is 6.39. The van der Waals surface area contributed by atoms with E-state index >= 15 is 0 Å².